The van der Waals surface area contributed by atoms with Gasteiger partial charge in [0.2, 0.25) is 0 Å². The minimum Gasteiger partial charge on any atom is -0.491 e. The fourth-order valence-corrected chi connectivity index (χ4v) is 6.30. The van der Waals surface area contributed by atoms with Crippen LogP contribution in [0.4, 0.5) is 20.6 Å². The summed E-state index contributed by atoms with van der Waals surface area (Å²) in [5, 5.41) is 0. The van der Waals surface area contributed by atoms with Gasteiger partial charge in [0, 0.05) is 56.0 Å². The van der Waals surface area contributed by atoms with Gasteiger partial charge in [-0.2, -0.15) is 0 Å². The summed E-state index contributed by atoms with van der Waals surface area (Å²) in [6.45, 7) is 10.0. The van der Waals surface area contributed by atoms with Gasteiger partial charge in [0.15, 0.2) is 0 Å². The van der Waals surface area contributed by atoms with Crippen molar-refractivity contribution in [3.63, 3.8) is 0 Å². The van der Waals surface area contributed by atoms with Gasteiger partial charge in [-0.05, 0) is 88.4 Å². The Morgan fingerprint density at radius 3 is 2.67 bits per heavy atom. The smallest absolute Gasteiger partial charge is 0.410 e. The van der Waals surface area contributed by atoms with E-state index in [1.165, 1.54) is 6.07 Å². The molecule has 2 amide bonds. The van der Waals surface area contributed by atoms with Gasteiger partial charge in [0.05, 0.1) is 11.8 Å². The molecule has 0 saturated carbocycles. The summed E-state index contributed by atoms with van der Waals surface area (Å²) < 4.78 is 32.4. The number of hydrogen-bond acceptors (Lipinski definition) is 6. The Balaban J connectivity index is 1.08. The number of fused-ring (bicyclic) bond motifs is 1. The average Bonchev–Trinajstić information content (AvgIpc) is 3.56. The lowest BCUT2D eigenvalue weighted by Crippen LogP contribution is -2.60. The maximum atomic E-state index is 15.4. The van der Waals surface area contributed by atoms with Crippen LogP contribution in [-0.4, -0.2) is 74.5 Å². The second-order valence-electron chi connectivity index (χ2n) is 12.6. The molecule has 1 spiro atoms. The highest BCUT2D eigenvalue weighted by atomic mass is 19.1. The number of likely N-dealkylation sites (tertiary alicyclic amines) is 1. The number of nitrogens with zero attached hydrogens (tertiary/aromatic N) is 3. The van der Waals surface area contributed by atoms with E-state index in [0.717, 1.165) is 43.7 Å². The van der Waals surface area contributed by atoms with Crippen LogP contribution in [0.15, 0.2) is 36.4 Å². The van der Waals surface area contributed by atoms with Crippen LogP contribution in [0, 0.1) is 11.2 Å². The van der Waals surface area contributed by atoms with E-state index in [2.05, 4.69) is 4.90 Å². The molecule has 4 aliphatic heterocycles. The summed E-state index contributed by atoms with van der Waals surface area (Å²) in [6, 6.07) is 10.7. The summed E-state index contributed by atoms with van der Waals surface area (Å²) in [5.74, 6) is 0.278. The Kier molecular flexibility index (Phi) is 6.89. The van der Waals surface area contributed by atoms with Crippen LogP contribution in [0.2, 0.25) is 0 Å². The number of carbonyl (C=O) groups is 2. The van der Waals surface area contributed by atoms with Gasteiger partial charge in [-0.15, -0.1) is 0 Å². The van der Waals surface area contributed by atoms with Crippen LogP contribution in [-0.2, 0) is 15.9 Å². The third-order valence-corrected chi connectivity index (χ3v) is 8.34. The molecule has 2 aromatic rings. The Hall–Kier alpha value is -3.33. The zero-order chi connectivity index (χ0) is 28.1. The highest BCUT2D eigenvalue weighted by Crippen LogP contribution is 2.42. The van der Waals surface area contributed by atoms with Crippen molar-refractivity contribution in [2.45, 2.75) is 58.2 Å². The van der Waals surface area contributed by atoms with Crippen molar-refractivity contribution in [3.8, 4) is 5.75 Å². The van der Waals surface area contributed by atoms with Crippen LogP contribution in [0.3, 0.4) is 0 Å². The minimum absolute atomic E-state index is 0.0265. The fraction of sp³-hybridized carbons (Fsp3) is 0.548. The molecule has 0 unspecified atom stereocenters. The molecular weight excluding hydrogens is 513 g/mol. The SMILES string of the molecule is CC(C)(C)OC(=O)N1CC2(CCN(c3ccc(N4CCc5cc(OC[C@@H]6CCCO6)ccc5C4=O)cc3F)C2)C1. The quantitative estimate of drug-likeness (QED) is 0.519. The number of carbonyl (C=O) groups excluding carboxylic acids is 2. The summed E-state index contributed by atoms with van der Waals surface area (Å²) in [6.07, 6.45) is 3.50. The van der Waals surface area contributed by atoms with Gasteiger partial charge in [0.1, 0.15) is 23.8 Å². The Morgan fingerprint density at radius 1 is 1.12 bits per heavy atom. The van der Waals surface area contributed by atoms with Gasteiger partial charge >= 0.3 is 6.09 Å². The molecule has 40 heavy (non-hydrogen) atoms. The van der Waals surface area contributed by atoms with Crippen molar-refractivity contribution in [1.82, 2.24) is 4.90 Å². The Bertz CT molecular complexity index is 1300. The third kappa shape index (κ3) is 5.36. The summed E-state index contributed by atoms with van der Waals surface area (Å²) in [5.41, 5.74) is 2.12. The van der Waals surface area contributed by atoms with Crippen LogP contribution in [0.1, 0.15) is 56.0 Å². The van der Waals surface area contributed by atoms with Gasteiger partial charge in [-0.25, -0.2) is 9.18 Å². The molecule has 214 valence electrons. The van der Waals surface area contributed by atoms with Crippen LogP contribution >= 0.6 is 0 Å². The van der Waals surface area contributed by atoms with Gasteiger partial charge < -0.3 is 28.9 Å². The molecule has 0 radical (unpaired) electrons. The van der Waals surface area contributed by atoms with E-state index in [1.54, 1.807) is 15.9 Å². The average molecular weight is 552 g/mol. The fourth-order valence-electron chi connectivity index (χ4n) is 6.30. The van der Waals surface area contributed by atoms with E-state index >= 15 is 4.39 Å². The Morgan fingerprint density at radius 2 is 1.95 bits per heavy atom. The first-order valence-electron chi connectivity index (χ1n) is 14.3. The molecule has 6 rings (SSSR count). The van der Waals surface area contributed by atoms with Crippen LogP contribution < -0.4 is 14.5 Å². The van der Waals surface area contributed by atoms with Crippen molar-refractivity contribution in [3.05, 3.63) is 53.3 Å². The number of hydrogen-bond donors (Lipinski definition) is 0. The molecule has 4 aliphatic rings. The maximum absolute atomic E-state index is 15.4. The molecule has 0 N–H and O–H groups in total. The number of amides is 2. The summed E-state index contributed by atoms with van der Waals surface area (Å²) in [4.78, 5) is 31.1. The molecule has 2 aromatic carbocycles. The maximum Gasteiger partial charge on any atom is 0.410 e. The lowest BCUT2D eigenvalue weighted by atomic mass is 9.79. The third-order valence-electron chi connectivity index (χ3n) is 8.34. The number of anilines is 2. The Labute approximate surface area is 235 Å². The van der Waals surface area contributed by atoms with Gasteiger partial charge in [0.25, 0.3) is 5.91 Å². The largest absolute Gasteiger partial charge is 0.491 e. The van der Waals surface area contributed by atoms with Crippen molar-refractivity contribution in [2.24, 2.45) is 5.41 Å². The predicted molar refractivity (Wildman–Crippen MR) is 150 cm³/mol. The molecule has 0 bridgehead atoms. The molecule has 3 fully saturated rings. The van der Waals surface area contributed by atoms with Crippen molar-refractivity contribution in [1.29, 1.82) is 0 Å². The first-order chi connectivity index (χ1) is 19.1. The first-order valence-corrected chi connectivity index (χ1v) is 14.3. The highest BCUT2D eigenvalue weighted by Gasteiger charge is 2.50. The predicted octanol–water partition coefficient (Wildman–Crippen LogP) is 5.03. The van der Waals surface area contributed by atoms with Crippen LogP contribution in [0.25, 0.3) is 0 Å². The molecular formula is C31H38FN3O5. The van der Waals surface area contributed by atoms with Gasteiger partial charge in [-0.1, -0.05) is 0 Å². The van der Waals surface area contributed by atoms with Crippen molar-refractivity contribution >= 4 is 23.4 Å². The lowest BCUT2D eigenvalue weighted by molar-refractivity contribution is -0.0266. The number of halogens is 1. The van der Waals surface area contributed by atoms with E-state index in [-0.39, 0.29) is 29.3 Å². The van der Waals surface area contributed by atoms with E-state index in [4.69, 9.17) is 14.2 Å². The van der Waals surface area contributed by atoms with Crippen LogP contribution in [0.5, 0.6) is 5.75 Å². The molecule has 3 saturated heterocycles. The number of ether oxygens (including phenoxy) is 3. The first kappa shape index (κ1) is 26.9. The normalized spacial score (nSPS) is 21.9. The molecule has 0 aliphatic carbocycles. The zero-order valence-electron chi connectivity index (χ0n) is 23.6. The lowest BCUT2D eigenvalue weighted by Gasteiger charge is -2.47. The zero-order valence-corrected chi connectivity index (χ0v) is 23.6. The summed E-state index contributed by atoms with van der Waals surface area (Å²) >= 11 is 0. The monoisotopic (exact) mass is 551 g/mol. The van der Waals surface area contributed by atoms with Crippen molar-refractivity contribution in [2.75, 3.05) is 55.7 Å². The minimum atomic E-state index is -0.522. The molecule has 4 heterocycles. The summed E-state index contributed by atoms with van der Waals surface area (Å²) in [7, 11) is 0. The van der Waals surface area contributed by atoms with Gasteiger partial charge in [-0.3, -0.25) is 4.79 Å². The molecule has 0 aromatic heterocycles. The molecule has 8 nitrogen and oxygen atoms in total. The molecule has 9 heteroatoms. The second kappa shape index (κ2) is 10.3. The standard InChI is InChI=1S/C31H38FN3O5/c1-30(2,3)40-29(37)34-19-31(20-34)11-13-33(18-31)27-9-6-22(16-26(27)32)35-12-10-21-15-23(7-8-25(21)28(35)36)39-17-24-5-4-14-38-24/h6-9,15-16,24H,4-5,10-14,17-20H2,1-3H3/t24-/m0/s1. The number of rotatable bonds is 5. The van der Waals surface area contributed by atoms with Crippen molar-refractivity contribution < 1.29 is 28.2 Å². The van der Waals surface area contributed by atoms with E-state index in [9.17, 15) is 9.59 Å². The topological polar surface area (TPSA) is 71.6 Å². The van der Waals surface area contributed by atoms with E-state index < -0.39 is 5.60 Å². The van der Waals surface area contributed by atoms with E-state index in [1.807, 2.05) is 45.0 Å². The highest BCUT2D eigenvalue weighted by molar-refractivity contribution is 6.08. The molecule has 1 atom stereocenters. The second-order valence-corrected chi connectivity index (χ2v) is 12.6. The number of benzene rings is 2. The van der Waals surface area contributed by atoms with E-state index in [0.29, 0.717) is 56.1 Å².